The molecule has 2 N–H and O–H groups in total. The van der Waals surface area contributed by atoms with Crippen molar-refractivity contribution >= 4 is 11.6 Å². The molecule has 5 nitrogen and oxygen atoms in total. The van der Waals surface area contributed by atoms with Crippen molar-refractivity contribution in [2.75, 3.05) is 31.9 Å². The minimum absolute atomic E-state index is 0.0246. The molecule has 0 saturated carbocycles. The van der Waals surface area contributed by atoms with Crippen LogP contribution in [0.5, 0.6) is 0 Å². The number of pyridine rings is 1. The summed E-state index contributed by atoms with van der Waals surface area (Å²) < 4.78 is 0. The highest BCUT2D eigenvalue weighted by Gasteiger charge is 2.33. The van der Waals surface area contributed by atoms with Crippen molar-refractivity contribution in [3.63, 3.8) is 0 Å². The van der Waals surface area contributed by atoms with Gasteiger partial charge in [0, 0.05) is 43.3 Å². The number of anilines is 1. The van der Waals surface area contributed by atoms with Gasteiger partial charge in [-0.2, -0.15) is 0 Å². The van der Waals surface area contributed by atoms with Crippen LogP contribution in [0.4, 0.5) is 5.69 Å². The molecule has 0 spiro atoms. The van der Waals surface area contributed by atoms with Crippen molar-refractivity contribution in [1.82, 2.24) is 14.8 Å². The number of rotatable bonds is 1. The minimum Gasteiger partial charge on any atom is -0.398 e. The van der Waals surface area contributed by atoms with Crippen molar-refractivity contribution < 1.29 is 4.79 Å². The second kappa shape index (κ2) is 4.81. The molecule has 3 rings (SSSR count). The Morgan fingerprint density at radius 2 is 2.26 bits per heavy atom. The molecule has 1 unspecified atom stereocenters. The number of amides is 1. The Morgan fingerprint density at radius 3 is 3.05 bits per heavy atom. The molecule has 3 heterocycles. The molecule has 2 aliphatic rings. The highest BCUT2D eigenvalue weighted by atomic mass is 16.2. The molecule has 0 aliphatic carbocycles. The van der Waals surface area contributed by atoms with E-state index in [0.717, 1.165) is 25.3 Å². The summed E-state index contributed by atoms with van der Waals surface area (Å²) in [6, 6.07) is 2.30. The van der Waals surface area contributed by atoms with Crippen LogP contribution in [0.1, 0.15) is 28.9 Å². The monoisotopic (exact) mass is 260 g/mol. The van der Waals surface area contributed by atoms with Crippen LogP contribution in [0.3, 0.4) is 0 Å². The van der Waals surface area contributed by atoms with Crippen molar-refractivity contribution in [3.05, 3.63) is 23.5 Å². The van der Waals surface area contributed by atoms with E-state index in [2.05, 4.69) is 9.88 Å². The zero-order valence-electron chi connectivity index (χ0n) is 11.3. The number of carbonyl (C=O) groups excluding carboxylic acids is 1. The van der Waals surface area contributed by atoms with E-state index in [1.807, 2.05) is 11.8 Å². The van der Waals surface area contributed by atoms with E-state index in [-0.39, 0.29) is 5.91 Å². The third-order valence-electron chi connectivity index (χ3n) is 4.18. The molecule has 1 amide bonds. The Bertz CT molecular complexity index is 502. The van der Waals surface area contributed by atoms with Gasteiger partial charge in [-0.25, -0.2) is 0 Å². The van der Waals surface area contributed by atoms with Crippen LogP contribution >= 0.6 is 0 Å². The molecule has 1 atom stereocenters. The van der Waals surface area contributed by atoms with Gasteiger partial charge in [0.25, 0.3) is 5.91 Å². The molecule has 0 radical (unpaired) electrons. The van der Waals surface area contributed by atoms with Gasteiger partial charge >= 0.3 is 0 Å². The summed E-state index contributed by atoms with van der Waals surface area (Å²) in [7, 11) is 0. The first-order chi connectivity index (χ1) is 9.15. The zero-order valence-corrected chi connectivity index (χ0v) is 11.3. The van der Waals surface area contributed by atoms with Gasteiger partial charge in [0.2, 0.25) is 0 Å². The average Bonchev–Trinajstić information content (AvgIpc) is 2.85. The quantitative estimate of drug-likeness (QED) is 0.814. The van der Waals surface area contributed by atoms with Crippen LogP contribution in [0.15, 0.2) is 12.3 Å². The topological polar surface area (TPSA) is 62.5 Å². The Morgan fingerprint density at radius 1 is 1.42 bits per heavy atom. The number of fused-ring (bicyclic) bond motifs is 1. The molecule has 1 aromatic heterocycles. The fraction of sp³-hybridized carbons (Fsp3) is 0.571. The largest absolute Gasteiger partial charge is 0.398 e. The smallest absolute Gasteiger partial charge is 0.257 e. The molecule has 2 saturated heterocycles. The lowest BCUT2D eigenvalue weighted by Crippen LogP contribution is -2.52. The van der Waals surface area contributed by atoms with Gasteiger partial charge in [0.05, 0.1) is 5.56 Å². The molecule has 0 aromatic carbocycles. The number of aromatic nitrogens is 1. The van der Waals surface area contributed by atoms with E-state index in [9.17, 15) is 4.79 Å². The van der Waals surface area contributed by atoms with Crippen molar-refractivity contribution in [3.8, 4) is 0 Å². The number of nitrogens with two attached hydrogens (primary N) is 1. The summed E-state index contributed by atoms with van der Waals surface area (Å²) in [5.74, 6) is 0.0246. The molecule has 2 aliphatic heterocycles. The van der Waals surface area contributed by atoms with Gasteiger partial charge < -0.3 is 10.6 Å². The number of piperazine rings is 1. The molecule has 5 heteroatoms. The van der Waals surface area contributed by atoms with Gasteiger partial charge in [-0.15, -0.1) is 0 Å². The van der Waals surface area contributed by atoms with Crippen LogP contribution in [0.2, 0.25) is 0 Å². The van der Waals surface area contributed by atoms with E-state index in [0.29, 0.717) is 17.3 Å². The molecule has 1 aromatic rings. The molecular formula is C14H20N4O. The molecular weight excluding hydrogens is 240 g/mol. The Labute approximate surface area is 113 Å². The molecule has 102 valence electrons. The number of hydrogen-bond acceptors (Lipinski definition) is 4. The fourth-order valence-corrected chi connectivity index (χ4v) is 3.11. The minimum atomic E-state index is 0.0246. The highest BCUT2D eigenvalue weighted by molar-refractivity contribution is 5.98. The second-order valence-electron chi connectivity index (χ2n) is 5.50. The summed E-state index contributed by atoms with van der Waals surface area (Å²) in [5, 5.41) is 0. The molecule has 0 bridgehead atoms. The SMILES string of the molecule is Cc1cc(N)c(C(=O)N2CCN3CCCC3C2)cn1. The van der Waals surface area contributed by atoms with E-state index >= 15 is 0 Å². The maximum Gasteiger partial charge on any atom is 0.257 e. The molecule has 2 fully saturated rings. The number of carbonyl (C=O) groups is 1. The Balaban J connectivity index is 1.76. The fourth-order valence-electron chi connectivity index (χ4n) is 3.11. The van der Waals surface area contributed by atoms with Gasteiger partial charge in [-0.1, -0.05) is 0 Å². The predicted octanol–water partition coefficient (Wildman–Crippen LogP) is 0.892. The van der Waals surface area contributed by atoms with E-state index in [4.69, 9.17) is 5.73 Å². The van der Waals surface area contributed by atoms with Gasteiger partial charge in [-0.3, -0.25) is 14.7 Å². The van der Waals surface area contributed by atoms with Crippen LogP contribution in [0, 0.1) is 6.92 Å². The highest BCUT2D eigenvalue weighted by Crippen LogP contribution is 2.23. The van der Waals surface area contributed by atoms with E-state index in [1.165, 1.54) is 19.4 Å². The summed E-state index contributed by atoms with van der Waals surface area (Å²) in [6.07, 6.45) is 4.06. The zero-order chi connectivity index (χ0) is 13.4. The Hall–Kier alpha value is -1.62. The van der Waals surface area contributed by atoms with Crippen LogP contribution in [-0.4, -0.2) is 52.9 Å². The van der Waals surface area contributed by atoms with Crippen LogP contribution in [0.25, 0.3) is 0 Å². The standard InChI is InChI=1S/C14H20N4O/c1-10-7-13(15)12(8-16-10)14(19)18-6-5-17-4-2-3-11(17)9-18/h7-8,11H,2-6,9H2,1H3,(H2,15,16). The third kappa shape index (κ3) is 2.30. The van der Waals surface area contributed by atoms with Crippen LogP contribution < -0.4 is 5.73 Å². The first-order valence-corrected chi connectivity index (χ1v) is 6.90. The average molecular weight is 260 g/mol. The van der Waals surface area contributed by atoms with Crippen molar-refractivity contribution in [2.24, 2.45) is 0 Å². The van der Waals surface area contributed by atoms with Crippen molar-refractivity contribution in [2.45, 2.75) is 25.8 Å². The molecule has 19 heavy (non-hydrogen) atoms. The van der Waals surface area contributed by atoms with Gasteiger partial charge in [-0.05, 0) is 32.4 Å². The van der Waals surface area contributed by atoms with Crippen molar-refractivity contribution in [1.29, 1.82) is 0 Å². The lowest BCUT2D eigenvalue weighted by atomic mass is 10.1. The predicted molar refractivity (Wildman–Crippen MR) is 73.9 cm³/mol. The summed E-state index contributed by atoms with van der Waals surface area (Å²) in [6.45, 7) is 5.66. The summed E-state index contributed by atoms with van der Waals surface area (Å²) in [5.41, 5.74) is 7.85. The lowest BCUT2D eigenvalue weighted by molar-refractivity contribution is 0.0572. The van der Waals surface area contributed by atoms with E-state index in [1.54, 1.807) is 12.3 Å². The number of hydrogen-bond donors (Lipinski definition) is 1. The number of aryl methyl sites for hydroxylation is 1. The normalized spacial score (nSPS) is 23.4. The second-order valence-corrected chi connectivity index (χ2v) is 5.50. The maximum absolute atomic E-state index is 12.5. The Kier molecular flexibility index (Phi) is 3.14. The lowest BCUT2D eigenvalue weighted by Gasteiger charge is -2.37. The van der Waals surface area contributed by atoms with Crippen LogP contribution in [-0.2, 0) is 0 Å². The first kappa shape index (κ1) is 12.4. The maximum atomic E-state index is 12.5. The van der Waals surface area contributed by atoms with Gasteiger partial charge in [0.1, 0.15) is 0 Å². The van der Waals surface area contributed by atoms with E-state index < -0.39 is 0 Å². The third-order valence-corrected chi connectivity index (χ3v) is 4.18. The number of nitrogen functional groups attached to an aromatic ring is 1. The first-order valence-electron chi connectivity index (χ1n) is 6.90. The summed E-state index contributed by atoms with van der Waals surface area (Å²) >= 11 is 0. The number of nitrogens with zero attached hydrogens (tertiary/aromatic N) is 3. The summed E-state index contributed by atoms with van der Waals surface area (Å²) in [4.78, 5) is 21.1. The van der Waals surface area contributed by atoms with Gasteiger partial charge in [0.15, 0.2) is 0 Å².